The number of nitrogens with two attached hydrogens (primary N) is 3. The average molecular weight is 476 g/mol. The topological polar surface area (TPSA) is 145 Å². The molecule has 1 amide bonds. The van der Waals surface area contributed by atoms with E-state index in [9.17, 15) is 4.79 Å². The summed E-state index contributed by atoms with van der Waals surface area (Å²) in [7, 11) is 0. The van der Waals surface area contributed by atoms with Crippen molar-refractivity contribution in [3.63, 3.8) is 0 Å². The number of hydrogen-bond acceptors (Lipinski definition) is 7. The lowest BCUT2D eigenvalue weighted by atomic mass is 9.81. The van der Waals surface area contributed by atoms with Gasteiger partial charge in [0.05, 0.1) is 13.1 Å². The first-order valence-corrected chi connectivity index (χ1v) is 12.1. The van der Waals surface area contributed by atoms with E-state index < -0.39 is 5.91 Å². The molecule has 0 spiro atoms. The number of nitrogens with one attached hydrogen (secondary N) is 1. The van der Waals surface area contributed by atoms with Gasteiger partial charge in [0, 0.05) is 23.3 Å². The Morgan fingerprint density at radius 2 is 2.03 bits per heavy atom. The predicted octanol–water partition coefficient (Wildman–Crippen LogP) is 1.87. The zero-order chi connectivity index (χ0) is 22.9. The van der Waals surface area contributed by atoms with Crippen molar-refractivity contribution < 1.29 is 9.28 Å². The Balaban J connectivity index is 1.46. The number of fused-ring (bicyclic) bond motifs is 3. The molecular weight excluding hydrogens is 448 g/mol. The molecule has 3 aliphatic heterocycles. The minimum absolute atomic E-state index is 0.0354. The van der Waals surface area contributed by atoms with Gasteiger partial charge in [0.15, 0.2) is 28.4 Å². The first-order chi connectivity index (χ1) is 15.3. The van der Waals surface area contributed by atoms with Crippen LogP contribution in [0.2, 0.25) is 5.15 Å². The second-order valence-corrected chi connectivity index (χ2v) is 9.73. The monoisotopic (exact) mass is 475 g/mol. The normalized spacial score (nSPS) is 25.0. The number of nitrogen functional groups attached to an aromatic ring is 2. The molecule has 5 rings (SSSR count). The number of nitrogens with zero attached hydrogens (tertiary/aromatic N) is 4. The summed E-state index contributed by atoms with van der Waals surface area (Å²) >= 11 is 7.62. The van der Waals surface area contributed by atoms with Gasteiger partial charge in [0.25, 0.3) is 5.91 Å². The maximum atomic E-state index is 12.5. The van der Waals surface area contributed by atoms with Crippen LogP contribution in [-0.4, -0.2) is 58.2 Å². The van der Waals surface area contributed by atoms with Crippen LogP contribution in [0.3, 0.4) is 0 Å². The van der Waals surface area contributed by atoms with Crippen LogP contribution in [0.15, 0.2) is 34.2 Å². The van der Waals surface area contributed by atoms with Gasteiger partial charge in [-0.05, 0) is 24.3 Å². The second-order valence-electron chi connectivity index (χ2n) is 8.49. The third-order valence-corrected chi connectivity index (χ3v) is 7.39. The summed E-state index contributed by atoms with van der Waals surface area (Å²) in [5, 5.41) is 2.48. The second kappa shape index (κ2) is 9.13. The molecule has 11 heteroatoms. The number of benzene rings is 1. The zero-order valence-electron chi connectivity index (χ0n) is 17.9. The van der Waals surface area contributed by atoms with E-state index in [0.29, 0.717) is 5.92 Å². The molecule has 1 atom stereocenters. The molecular formula is C21H28ClN8OS+. The van der Waals surface area contributed by atoms with Crippen molar-refractivity contribution in [2.24, 2.45) is 16.6 Å². The number of halogens is 1. The Morgan fingerprint density at radius 3 is 2.75 bits per heavy atom. The van der Waals surface area contributed by atoms with Crippen molar-refractivity contribution in [2.45, 2.75) is 30.3 Å². The third kappa shape index (κ3) is 4.77. The van der Waals surface area contributed by atoms with Gasteiger partial charge >= 0.3 is 0 Å². The Hall–Kier alpha value is -2.56. The molecule has 1 aromatic heterocycles. The van der Waals surface area contributed by atoms with Crippen LogP contribution in [0.25, 0.3) is 0 Å². The molecule has 2 aromatic rings. The van der Waals surface area contributed by atoms with E-state index in [0.717, 1.165) is 43.5 Å². The van der Waals surface area contributed by atoms with Gasteiger partial charge in [-0.3, -0.25) is 10.1 Å². The van der Waals surface area contributed by atoms with Crippen LogP contribution in [0.1, 0.15) is 28.9 Å². The Morgan fingerprint density at radius 1 is 1.28 bits per heavy atom. The molecule has 0 aliphatic carbocycles. The number of guanidine groups is 1. The van der Waals surface area contributed by atoms with E-state index in [-0.39, 0.29) is 34.5 Å². The molecule has 170 valence electrons. The van der Waals surface area contributed by atoms with Crippen molar-refractivity contribution in [1.82, 2.24) is 15.3 Å². The molecule has 2 bridgehead atoms. The first kappa shape index (κ1) is 22.6. The summed E-state index contributed by atoms with van der Waals surface area (Å²) in [6, 6.07) is 8.79. The van der Waals surface area contributed by atoms with E-state index in [1.54, 1.807) is 11.8 Å². The molecule has 7 N–H and O–H groups in total. The lowest BCUT2D eigenvalue weighted by molar-refractivity contribution is -0.955. The molecule has 3 saturated heterocycles. The molecule has 0 unspecified atom stereocenters. The smallest absolute Gasteiger partial charge is 0.280 e. The van der Waals surface area contributed by atoms with Crippen LogP contribution in [0.4, 0.5) is 11.6 Å². The quantitative estimate of drug-likeness (QED) is 0.223. The number of hydrogen-bond donors (Lipinski definition) is 4. The zero-order valence-corrected chi connectivity index (χ0v) is 19.5. The SMILES string of the molecule is CSc1cccc(C[N+]23CCC(CC2)[C@H](N=C(N)NC(=O)c2nc(Cl)c(N)nc2N)C3)c1. The lowest BCUT2D eigenvalue weighted by Crippen LogP contribution is -2.63. The van der Waals surface area contributed by atoms with E-state index >= 15 is 0 Å². The molecule has 32 heavy (non-hydrogen) atoms. The van der Waals surface area contributed by atoms with Gasteiger partial charge in [0.1, 0.15) is 19.1 Å². The van der Waals surface area contributed by atoms with E-state index in [4.69, 9.17) is 28.8 Å². The molecule has 0 radical (unpaired) electrons. The van der Waals surface area contributed by atoms with E-state index in [1.165, 1.54) is 10.5 Å². The standard InChI is InChI=1S/C21H27ClN8OS/c1-32-14-4-2-3-12(9-14)10-30-7-5-13(6-8-30)15(11-30)26-21(25)29-20(31)16-18(23)28-19(24)17(22)27-16/h2-4,9,13,15H,5-8,10-11H2,1H3,(H6-,23,24,25,26,28,29,31)/p+1/t13?,15-,30?/m1/s1. The van der Waals surface area contributed by atoms with Gasteiger partial charge in [0.2, 0.25) is 0 Å². The molecule has 3 fully saturated rings. The van der Waals surface area contributed by atoms with Crippen LogP contribution < -0.4 is 22.5 Å². The number of anilines is 2. The highest BCUT2D eigenvalue weighted by molar-refractivity contribution is 7.98. The van der Waals surface area contributed by atoms with Crippen LogP contribution in [-0.2, 0) is 6.54 Å². The van der Waals surface area contributed by atoms with E-state index in [2.05, 4.69) is 50.8 Å². The van der Waals surface area contributed by atoms with Crippen LogP contribution >= 0.6 is 23.4 Å². The Bertz CT molecular complexity index is 1050. The number of piperidine rings is 3. The molecule has 9 nitrogen and oxygen atoms in total. The first-order valence-electron chi connectivity index (χ1n) is 10.5. The fourth-order valence-electron chi connectivity index (χ4n) is 4.77. The summed E-state index contributed by atoms with van der Waals surface area (Å²) in [4.78, 5) is 26.2. The highest BCUT2D eigenvalue weighted by atomic mass is 35.5. The van der Waals surface area contributed by atoms with Crippen molar-refractivity contribution >= 4 is 46.9 Å². The fourth-order valence-corrected chi connectivity index (χ4v) is 5.38. The van der Waals surface area contributed by atoms with E-state index in [1.807, 2.05) is 0 Å². The number of thioether (sulfide) groups is 1. The fraction of sp³-hybridized carbons (Fsp3) is 0.429. The van der Waals surface area contributed by atoms with Crippen molar-refractivity contribution in [3.05, 3.63) is 40.7 Å². The Labute approximate surface area is 196 Å². The van der Waals surface area contributed by atoms with Crippen LogP contribution in [0.5, 0.6) is 0 Å². The maximum absolute atomic E-state index is 12.5. The van der Waals surface area contributed by atoms with Crippen molar-refractivity contribution in [3.8, 4) is 0 Å². The van der Waals surface area contributed by atoms with Gasteiger partial charge in [-0.25, -0.2) is 15.0 Å². The lowest BCUT2D eigenvalue weighted by Gasteiger charge is -2.51. The van der Waals surface area contributed by atoms with Crippen molar-refractivity contribution in [1.29, 1.82) is 0 Å². The summed E-state index contributed by atoms with van der Waals surface area (Å²) < 4.78 is 0.996. The highest BCUT2D eigenvalue weighted by Gasteiger charge is 2.46. The van der Waals surface area contributed by atoms with Gasteiger partial charge in [-0.1, -0.05) is 23.7 Å². The van der Waals surface area contributed by atoms with Gasteiger partial charge in [-0.15, -0.1) is 11.8 Å². The molecule has 0 saturated carbocycles. The third-order valence-electron chi connectivity index (χ3n) is 6.39. The number of carbonyl (C=O) groups is 1. The number of aliphatic imine (C=N–C) groups is 1. The minimum atomic E-state index is -0.614. The highest BCUT2D eigenvalue weighted by Crippen LogP contribution is 2.37. The summed E-state index contributed by atoms with van der Waals surface area (Å²) in [6.45, 7) is 4.17. The Kier molecular flexibility index (Phi) is 6.45. The molecule has 1 aromatic carbocycles. The summed E-state index contributed by atoms with van der Waals surface area (Å²) in [6.07, 6.45) is 4.30. The number of aromatic nitrogens is 2. The van der Waals surface area contributed by atoms with Crippen LogP contribution in [0, 0.1) is 5.92 Å². The number of rotatable bonds is 5. The van der Waals surface area contributed by atoms with Gasteiger partial charge < -0.3 is 21.7 Å². The summed E-state index contributed by atoms with van der Waals surface area (Å²) in [5.41, 5.74) is 18.6. The summed E-state index contributed by atoms with van der Waals surface area (Å²) in [5.74, 6) is -0.245. The largest absolute Gasteiger partial charge is 0.382 e. The maximum Gasteiger partial charge on any atom is 0.280 e. The number of quaternary nitrogens is 1. The van der Waals surface area contributed by atoms with Gasteiger partial charge in [-0.2, -0.15) is 0 Å². The number of carbonyl (C=O) groups excluding carboxylic acids is 1. The molecule has 3 aliphatic rings. The number of amides is 1. The van der Waals surface area contributed by atoms with Crippen molar-refractivity contribution in [2.75, 3.05) is 37.4 Å². The minimum Gasteiger partial charge on any atom is -0.382 e. The predicted molar refractivity (Wildman–Crippen MR) is 128 cm³/mol. The average Bonchev–Trinajstić information content (AvgIpc) is 2.76. The molecule has 4 heterocycles.